The Morgan fingerprint density at radius 2 is 1.95 bits per heavy atom. The largest absolute Gasteiger partial charge is 0.481 e. The number of carbonyl (C=O) groups excluding carboxylic acids is 1. The van der Waals surface area contributed by atoms with Gasteiger partial charge in [-0.25, -0.2) is 0 Å². The molecule has 1 saturated heterocycles. The van der Waals surface area contributed by atoms with Crippen molar-refractivity contribution in [2.24, 2.45) is 11.3 Å². The third-order valence-electron chi connectivity index (χ3n) is 3.92. The minimum Gasteiger partial charge on any atom is -0.481 e. The molecular formula is C16H30N2O3. The predicted molar refractivity (Wildman–Crippen MR) is 83.1 cm³/mol. The van der Waals surface area contributed by atoms with E-state index in [4.69, 9.17) is 5.11 Å². The predicted octanol–water partition coefficient (Wildman–Crippen LogP) is 2.11. The van der Waals surface area contributed by atoms with Crippen molar-refractivity contribution >= 4 is 11.9 Å². The Bertz CT molecular complexity index is 363. The number of rotatable bonds is 6. The van der Waals surface area contributed by atoms with Crippen LogP contribution >= 0.6 is 0 Å². The zero-order chi connectivity index (χ0) is 16.0. The summed E-state index contributed by atoms with van der Waals surface area (Å²) >= 11 is 0. The second-order valence-electron chi connectivity index (χ2n) is 7.23. The highest BCUT2D eigenvalue weighted by Gasteiger charge is 2.31. The fraction of sp³-hybridized carbons (Fsp3) is 0.875. The summed E-state index contributed by atoms with van der Waals surface area (Å²) in [5, 5.41) is 12.1. The van der Waals surface area contributed by atoms with Crippen molar-refractivity contribution in [2.75, 3.05) is 19.6 Å². The molecule has 2 atom stereocenters. The third-order valence-corrected chi connectivity index (χ3v) is 3.92. The van der Waals surface area contributed by atoms with Crippen LogP contribution in [0.2, 0.25) is 0 Å². The summed E-state index contributed by atoms with van der Waals surface area (Å²) in [5.74, 6) is -0.587. The van der Waals surface area contributed by atoms with Gasteiger partial charge in [-0.1, -0.05) is 34.1 Å². The molecule has 0 radical (unpaired) electrons. The van der Waals surface area contributed by atoms with Crippen LogP contribution in [0.3, 0.4) is 0 Å². The second kappa shape index (κ2) is 7.78. The quantitative estimate of drug-likeness (QED) is 0.788. The molecule has 0 aromatic carbocycles. The van der Waals surface area contributed by atoms with Crippen molar-refractivity contribution in [3.63, 3.8) is 0 Å². The van der Waals surface area contributed by atoms with Gasteiger partial charge in [0.15, 0.2) is 0 Å². The van der Waals surface area contributed by atoms with Crippen molar-refractivity contribution in [3.8, 4) is 0 Å². The zero-order valence-electron chi connectivity index (χ0n) is 13.8. The maximum absolute atomic E-state index is 12.1. The average Bonchev–Trinajstić information content (AvgIpc) is 2.34. The molecule has 0 aliphatic carbocycles. The number of unbranched alkanes of at least 4 members (excludes halogenated alkanes) is 1. The lowest BCUT2D eigenvalue weighted by molar-refractivity contribution is -0.138. The highest BCUT2D eigenvalue weighted by Crippen LogP contribution is 2.22. The Kier molecular flexibility index (Phi) is 6.65. The Hall–Kier alpha value is -1.10. The van der Waals surface area contributed by atoms with Gasteiger partial charge in [-0.2, -0.15) is 0 Å². The molecule has 2 unspecified atom stereocenters. The number of likely N-dealkylation sites (tertiary alicyclic amines) is 1. The molecule has 1 amide bonds. The number of carboxylic acids is 1. The van der Waals surface area contributed by atoms with Gasteiger partial charge in [0.1, 0.15) is 0 Å². The van der Waals surface area contributed by atoms with Gasteiger partial charge in [-0.05, 0) is 25.3 Å². The number of nitrogens with one attached hydrogen (secondary N) is 1. The fourth-order valence-corrected chi connectivity index (χ4v) is 2.77. The van der Waals surface area contributed by atoms with Crippen LogP contribution in [0, 0.1) is 11.3 Å². The maximum atomic E-state index is 12.1. The molecule has 0 bridgehead atoms. The van der Waals surface area contributed by atoms with Crippen LogP contribution in [0.1, 0.15) is 53.4 Å². The monoisotopic (exact) mass is 298 g/mol. The summed E-state index contributed by atoms with van der Waals surface area (Å²) in [6.07, 6.45) is 3.18. The minimum absolute atomic E-state index is 0.0407. The summed E-state index contributed by atoms with van der Waals surface area (Å²) in [6.45, 7) is 10.5. The van der Waals surface area contributed by atoms with E-state index in [1.807, 2.05) is 20.8 Å². The third kappa shape index (κ3) is 6.46. The normalized spacial score (nSPS) is 23.8. The molecule has 0 saturated carbocycles. The smallest absolute Gasteiger partial charge is 0.303 e. The van der Waals surface area contributed by atoms with Gasteiger partial charge in [0.05, 0.1) is 0 Å². The highest BCUT2D eigenvalue weighted by molar-refractivity contribution is 5.81. The number of aliphatic carboxylic acids is 1. The van der Waals surface area contributed by atoms with Crippen LogP contribution in [0.25, 0.3) is 0 Å². The van der Waals surface area contributed by atoms with E-state index in [9.17, 15) is 9.59 Å². The van der Waals surface area contributed by atoms with Crippen LogP contribution < -0.4 is 5.32 Å². The van der Waals surface area contributed by atoms with Crippen LogP contribution in [-0.2, 0) is 9.59 Å². The van der Waals surface area contributed by atoms with E-state index in [-0.39, 0.29) is 24.3 Å². The number of hydrogen-bond donors (Lipinski definition) is 2. The van der Waals surface area contributed by atoms with Crippen molar-refractivity contribution in [3.05, 3.63) is 0 Å². The molecule has 1 rings (SSSR count). The lowest BCUT2D eigenvalue weighted by atomic mass is 9.89. The summed E-state index contributed by atoms with van der Waals surface area (Å²) < 4.78 is 0. The first-order valence-corrected chi connectivity index (χ1v) is 7.97. The number of carboxylic acid groups (broad SMARTS) is 1. The minimum atomic E-state index is -0.752. The second-order valence-corrected chi connectivity index (χ2v) is 7.23. The number of piperidine rings is 1. The zero-order valence-corrected chi connectivity index (χ0v) is 13.8. The first-order valence-electron chi connectivity index (χ1n) is 7.97. The molecule has 0 aromatic heterocycles. The van der Waals surface area contributed by atoms with Crippen LogP contribution in [0.4, 0.5) is 0 Å². The molecule has 1 heterocycles. The first-order chi connectivity index (χ1) is 9.72. The number of amides is 1. The van der Waals surface area contributed by atoms with Gasteiger partial charge in [-0.15, -0.1) is 0 Å². The number of carbonyl (C=O) groups is 2. The van der Waals surface area contributed by atoms with E-state index in [2.05, 4.69) is 17.1 Å². The van der Waals surface area contributed by atoms with Gasteiger partial charge in [0, 0.05) is 31.0 Å². The molecule has 0 spiro atoms. The molecule has 1 fully saturated rings. The number of nitrogens with zero attached hydrogens (tertiary/aromatic N) is 1. The van der Waals surface area contributed by atoms with E-state index in [1.54, 1.807) is 0 Å². The molecule has 5 heteroatoms. The summed E-state index contributed by atoms with van der Waals surface area (Å²) in [5.41, 5.74) is -0.409. The Morgan fingerprint density at radius 1 is 1.29 bits per heavy atom. The van der Waals surface area contributed by atoms with Crippen LogP contribution in [-0.4, -0.2) is 47.6 Å². The van der Waals surface area contributed by atoms with E-state index in [1.165, 1.54) is 0 Å². The molecular weight excluding hydrogens is 268 g/mol. The van der Waals surface area contributed by atoms with Crippen LogP contribution in [0.15, 0.2) is 0 Å². The number of hydrogen-bond acceptors (Lipinski definition) is 3. The van der Waals surface area contributed by atoms with Crippen molar-refractivity contribution < 1.29 is 14.7 Å². The van der Waals surface area contributed by atoms with E-state index < -0.39 is 11.4 Å². The molecule has 1 aliphatic rings. The molecule has 1 aliphatic heterocycles. The lowest BCUT2D eigenvalue weighted by Gasteiger charge is -2.38. The van der Waals surface area contributed by atoms with Crippen molar-refractivity contribution in [1.29, 1.82) is 0 Å². The lowest BCUT2D eigenvalue weighted by Crippen LogP contribution is -2.53. The van der Waals surface area contributed by atoms with Gasteiger partial charge in [0.25, 0.3) is 0 Å². The molecule has 5 nitrogen and oxygen atoms in total. The van der Waals surface area contributed by atoms with Gasteiger partial charge < -0.3 is 15.3 Å². The fourth-order valence-electron chi connectivity index (χ4n) is 2.77. The summed E-state index contributed by atoms with van der Waals surface area (Å²) in [7, 11) is 0. The maximum Gasteiger partial charge on any atom is 0.303 e. The summed E-state index contributed by atoms with van der Waals surface area (Å²) in [6, 6.07) is 0.0617. The Morgan fingerprint density at radius 3 is 2.48 bits per heavy atom. The van der Waals surface area contributed by atoms with Gasteiger partial charge in [0.2, 0.25) is 5.91 Å². The van der Waals surface area contributed by atoms with E-state index in [0.29, 0.717) is 0 Å². The van der Waals surface area contributed by atoms with E-state index >= 15 is 0 Å². The molecule has 0 aromatic rings. The molecule has 21 heavy (non-hydrogen) atoms. The standard InChI is InChI=1S/C16H30N2O3/c1-5-6-7-18-10-12(9-14(19)20)8-13(11-18)17-15(21)16(2,3)4/h12-13H,5-11H2,1-4H3,(H,17,21)(H,19,20). The highest BCUT2D eigenvalue weighted by atomic mass is 16.4. The Balaban J connectivity index is 2.64. The van der Waals surface area contributed by atoms with Crippen molar-refractivity contribution in [2.45, 2.75) is 59.4 Å². The van der Waals surface area contributed by atoms with Crippen LogP contribution in [0.5, 0.6) is 0 Å². The first kappa shape index (κ1) is 18.0. The SMILES string of the molecule is CCCCN1CC(CC(=O)O)CC(NC(=O)C(C)(C)C)C1. The summed E-state index contributed by atoms with van der Waals surface area (Å²) in [4.78, 5) is 25.4. The molecule has 122 valence electrons. The van der Waals surface area contributed by atoms with Gasteiger partial charge >= 0.3 is 5.97 Å². The molecule has 2 N–H and O–H groups in total. The average molecular weight is 298 g/mol. The van der Waals surface area contributed by atoms with E-state index in [0.717, 1.165) is 38.9 Å². The topological polar surface area (TPSA) is 69.6 Å². The van der Waals surface area contributed by atoms with Gasteiger partial charge in [-0.3, -0.25) is 9.59 Å². The van der Waals surface area contributed by atoms with Crippen molar-refractivity contribution in [1.82, 2.24) is 10.2 Å². The Labute approximate surface area is 128 Å².